The van der Waals surface area contributed by atoms with E-state index in [4.69, 9.17) is 14.9 Å². The van der Waals surface area contributed by atoms with Gasteiger partial charge in [-0.05, 0) is 6.42 Å². The molecule has 88 valence electrons. The summed E-state index contributed by atoms with van der Waals surface area (Å²) in [4.78, 5) is 0. The van der Waals surface area contributed by atoms with Crippen molar-refractivity contribution < 1.29 is 13.7 Å². The molecule has 0 radical (unpaired) electrons. The molecule has 0 saturated carbocycles. The maximum absolute atomic E-state index is 10.9. The van der Waals surface area contributed by atoms with Gasteiger partial charge >= 0.3 is 37.8 Å². The predicted octanol–water partition coefficient (Wildman–Crippen LogP) is -0.776. The second-order valence-corrected chi connectivity index (χ2v) is 3.63. The van der Waals surface area contributed by atoms with E-state index in [1.54, 1.807) is 0 Å². The zero-order valence-corrected chi connectivity index (χ0v) is 9.54. The Hall–Kier alpha value is 1.03. The molecular formula is C7H21N3NaO3P. The molecule has 0 aromatic carbocycles. The van der Waals surface area contributed by atoms with Crippen LogP contribution in [0.5, 0.6) is 0 Å². The van der Waals surface area contributed by atoms with E-state index >= 15 is 0 Å². The van der Waals surface area contributed by atoms with Crippen molar-refractivity contribution in [3.8, 4) is 0 Å². The van der Waals surface area contributed by atoms with E-state index in [-0.39, 0.29) is 29.6 Å². The maximum atomic E-state index is 10.9. The van der Waals surface area contributed by atoms with Gasteiger partial charge in [0.25, 0.3) is 0 Å². The Balaban J connectivity index is 0. The van der Waals surface area contributed by atoms with E-state index < -0.39 is 8.25 Å². The topological polar surface area (TPSA) is 85.6 Å². The average Bonchev–Trinajstić information content (AvgIpc) is 2.20. The van der Waals surface area contributed by atoms with Gasteiger partial charge in [0.2, 0.25) is 0 Å². The molecule has 0 amide bonds. The third-order valence-electron chi connectivity index (χ3n) is 1.30. The average molecular weight is 249 g/mol. The van der Waals surface area contributed by atoms with Crippen molar-refractivity contribution in [3.05, 3.63) is 0 Å². The van der Waals surface area contributed by atoms with Crippen LogP contribution < -0.4 is 16.5 Å². The van der Waals surface area contributed by atoms with Crippen LogP contribution in [0.25, 0.3) is 0 Å². The molecule has 0 spiro atoms. The summed E-state index contributed by atoms with van der Waals surface area (Å²) in [6.45, 7) is 5.08. The Morgan fingerprint density at radius 3 is 2.67 bits per heavy atom. The van der Waals surface area contributed by atoms with Gasteiger partial charge in [-0.15, -0.1) is 0 Å². The SMILES string of the molecule is CCCO[PH](=O)ONCCNCCN.[NaH]. The molecule has 0 rings (SSSR count). The fraction of sp³-hybridized carbons (Fsp3) is 1.00. The molecule has 0 aliphatic rings. The van der Waals surface area contributed by atoms with Gasteiger partial charge in [-0.25, -0.2) is 4.62 Å². The summed E-state index contributed by atoms with van der Waals surface area (Å²) >= 11 is 0. The molecule has 1 unspecified atom stereocenters. The van der Waals surface area contributed by atoms with Gasteiger partial charge in [0.1, 0.15) is 0 Å². The predicted molar refractivity (Wildman–Crippen MR) is 63.4 cm³/mol. The minimum absolute atomic E-state index is 0. The van der Waals surface area contributed by atoms with Crippen molar-refractivity contribution in [1.82, 2.24) is 10.8 Å². The van der Waals surface area contributed by atoms with Crippen LogP contribution in [-0.4, -0.2) is 62.3 Å². The summed E-state index contributed by atoms with van der Waals surface area (Å²) in [5.41, 5.74) is 7.82. The quantitative estimate of drug-likeness (QED) is 0.204. The van der Waals surface area contributed by atoms with Crippen molar-refractivity contribution in [3.63, 3.8) is 0 Å². The first kappa shape index (κ1) is 18.4. The van der Waals surface area contributed by atoms with Gasteiger partial charge in [-0.2, -0.15) is 5.48 Å². The van der Waals surface area contributed by atoms with Crippen molar-refractivity contribution in [2.45, 2.75) is 13.3 Å². The van der Waals surface area contributed by atoms with Crippen LogP contribution in [0.15, 0.2) is 0 Å². The molecule has 0 heterocycles. The van der Waals surface area contributed by atoms with Crippen LogP contribution >= 0.6 is 8.25 Å². The van der Waals surface area contributed by atoms with Crippen LogP contribution in [0.4, 0.5) is 0 Å². The number of nitrogens with two attached hydrogens (primary N) is 1. The van der Waals surface area contributed by atoms with Gasteiger partial charge < -0.3 is 15.6 Å². The molecule has 6 nitrogen and oxygen atoms in total. The monoisotopic (exact) mass is 249 g/mol. The summed E-state index contributed by atoms with van der Waals surface area (Å²) in [6, 6.07) is 0. The first-order valence-electron chi connectivity index (χ1n) is 4.78. The van der Waals surface area contributed by atoms with Gasteiger partial charge in [0, 0.05) is 26.2 Å². The Bertz CT molecular complexity index is 153. The fourth-order valence-corrected chi connectivity index (χ4v) is 1.34. The molecule has 1 atom stereocenters. The summed E-state index contributed by atoms with van der Waals surface area (Å²) in [6.07, 6.45) is 0.831. The Morgan fingerprint density at radius 2 is 2.07 bits per heavy atom. The molecule has 0 fully saturated rings. The summed E-state index contributed by atoms with van der Waals surface area (Å²) in [7, 11) is -2.36. The molecule has 0 aromatic heterocycles. The summed E-state index contributed by atoms with van der Waals surface area (Å²) in [5, 5.41) is 3.05. The standard InChI is InChI=1S/C7H20N3O3P.Na.H/c1-2-7-12-14(11)13-10-6-5-9-4-3-8;;/h9-10,14H,2-8H2,1H3;;. The molecule has 8 heteroatoms. The molecule has 0 aliphatic heterocycles. The van der Waals surface area contributed by atoms with Crippen molar-refractivity contribution >= 4 is 37.8 Å². The van der Waals surface area contributed by atoms with Crippen molar-refractivity contribution in [2.24, 2.45) is 5.73 Å². The second-order valence-electron chi connectivity index (χ2n) is 2.63. The molecule has 15 heavy (non-hydrogen) atoms. The van der Waals surface area contributed by atoms with E-state index in [0.29, 0.717) is 19.7 Å². The number of hydroxylamine groups is 1. The van der Waals surface area contributed by atoms with E-state index in [9.17, 15) is 4.57 Å². The summed E-state index contributed by atoms with van der Waals surface area (Å²) < 4.78 is 20.5. The van der Waals surface area contributed by atoms with Crippen molar-refractivity contribution in [2.75, 3.05) is 32.8 Å². The van der Waals surface area contributed by atoms with Gasteiger partial charge in [0.05, 0.1) is 6.61 Å². The van der Waals surface area contributed by atoms with Crippen LogP contribution in [-0.2, 0) is 13.7 Å². The molecule has 0 aliphatic carbocycles. The Labute approximate surface area is 114 Å². The van der Waals surface area contributed by atoms with Gasteiger partial charge in [-0.3, -0.25) is 4.57 Å². The first-order chi connectivity index (χ1) is 6.81. The Kier molecular flexibility index (Phi) is 18.4. The van der Waals surface area contributed by atoms with Crippen molar-refractivity contribution in [1.29, 1.82) is 0 Å². The first-order valence-corrected chi connectivity index (χ1v) is 6.01. The van der Waals surface area contributed by atoms with E-state index in [2.05, 4.69) is 10.8 Å². The number of nitrogens with one attached hydrogen (secondary N) is 2. The second kappa shape index (κ2) is 15.0. The fourth-order valence-electron chi connectivity index (χ4n) is 0.691. The zero-order chi connectivity index (χ0) is 10.6. The molecular weight excluding hydrogens is 228 g/mol. The van der Waals surface area contributed by atoms with E-state index in [1.165, 1.54) is 0 Å². The van der Waals surface area contributed by atoms with Gasteiger partial charge in [0.15, 0.2) is 0 Å². The third kappa shape index (κ3) is 15.0. The number of hydrogen-bond acceptors (Lipinski definition) is 6. The number of hydrogen-bond donors (Lipinski definition) is 3. The number of rotatable bonds is 10. The molecule has 4 N–H and O–H groups in total. The molecule has 0 aromatic rings. The Morgan fingerprint density at radius 1 is 1.33 bits per heavy atom. The van der Waals surface area contributed by atoms with E-state index in [1.807, 2.05) is 6.92 Å². The normalized spacial score (nSPS) is 12.1. The summed E-state index contributed by atoms with van der Waals surface area (Å²) in [5.74, 6) is 0. The van der Waals surface area contributed by atoms with Gasteiger partial charge in [-0.1, -0.05) is 6.92 Å². The van der Waals surface area contributed by atoms with Crippen LogP contribution in [0.1, 0.15) is 13.3 Å². The minimum atomic E-state index is -2.36. The van der Waals surface area contributed by atoms with Crippen LogP contribution in [0.3, 0.4) is 0 Å². The molecule has 0 bridgehead atoms. The zero-order valence-electron chi connectivity index (χ0n) is 8.54. The van der Waals surface area contributed by atoms with Crippen LogP contribution in [0.2, 0.25) is 0 Å². The molecule has 0 saturated heterocycles. The van der Waals surface area contributed by atoms with E-state index in [0.717, 1.165) is 19.5 Å². The third-order valence-corrected chi connectivity index (χ3v) is 2.06. The van der Waals surface area contributed by atoms with Crippen LogP contribution in [0, 0.1) is 0 Å².